The first-order valence-electron chi connectivity index (χ1n) is 10.3. The van der Waals surface area contributed by atoms with Gasteiger partial charge >= 0.3 is 0 Å². The lowest BCUT2D eigenvalue weighted by Crippen LogP contribution is -2.52. The minimum absolute atomic E-state index is 0.0432. The minimum Gasteiger partial charge on any atom is -0.375 e. The molecule has 7 heteroatoms. The van der Waals surface area contributed by atoms with Gasteiger partial charge < -0.3 is 15.0 Å². The molecule has 28 heavy (non-hydrogen) atoms. The molecule has 0 aliphatic carbocycles. The van der Waals surface area contributed by atoms with Crippen LogP contribution in [-0.4, -0.2) is 91.6 Å². The van der Waals surface area contributed by atoms with Crippen LogP contribution in [0.4, 0.5) is 0 Å². The molecule has 0 spiro atoms. The fraction of sp³-hybridized carbons (Fsp3) is 0.619. The molecule has 1 aromatic rings. The highest BCUT2D eigenvalue weighted by atomic mass is 16.5. The van der Waals surface area contributed by atoms with E-state index in [4.69, 9.17) is 4.74 Å². The first-order valence-corrected chi connectivity index (χ1v) is 10.3. The molecule has 2 aliphatic heterocycles. The number of hydrogen-bond acceptors (Lipinski definition) is 5. The molecule has 3 rings (SSSR count). The Hall–Kier alpha value is -1.96. The van der Waals surface area contributed by atoms with Crippen LogP contribution in [0.15, 0.2) is 30.3 Å². The molecule has 0 bridgehead atoms. The monoisotopic (exact) mass is 388 g/mol. The Bertz CT molecular complexity index is 632. The Kier molecular flexibility index (Phi) is 7.82. The lowest BCUT2D eigenvalue weighted by Gasteiger charge is -2.36. The van der Waals surface area contributed by atoms with Gasteiger partial charge in [0.2, 0.25) is 11.8 Å². The van der Waals surface area contributed by atoms with E-state index in [9.17, 15) is 9.59 Å². The number of ether oxygens (including phenoxy) is 1. The number of rotatable bonds is 7. The second-order valence-electron chi connectivity index (χ2n) is 7.53. The Labute approximate surface area is 167 Å². The number of benzene rings is 1. The summed E-state index contributed by atoms with van der Waals surface area (Å²) < 4.78 is 5.86. The second kappa shape index (κ2) is 10.5. The van der Waals surface area contributed by atoms with Crippen LogP contribution in [0.5, 0.6) is 0 Å². The van der Waals surface area contributed by atoms with Gasteiger partial charge in [0.1, 0.15) is 0 Å². The van der Waals surface area contributed by atoms with E-state index < -0.39 is 0 Å². The first kappa shape index (κ1) is 20.8. The number of amides is 2. The number of carbonyl (C=O) groups is 2. The maximum atomic E-state index is 12.7. The minimum atomic E-state index is -0.0432. The van der Waals surface area contributed by atoms with Crippen LogP contribution in [-0.2, 0) is 20.9 Å². The molecule has 1 unspecified atom stereocenters. The summed E-state index contributed by atoms with van der Waals surface area (Å²) in [6.07, 6.45) is 0.389. The highest BCUT2D eigenvalue weighted by Crippen LogP contribution is 2.14. The lowest BCUT2D eigenvalue weighted by atomic mass is 10.1. The summed E-state index contributed by atoms with van der Waals surface area (Å²) in [6.45, 7) is 9.09. The molecule has 1 atom stereocenters. The SMILES string of the molecule is CCNC(=O)CN1CCN(C(=O)CC2CN(Cc3ccccc3)CCO2)CC1. The van der Waals surface area contributed by atoms with E-state index in [2.05, 4.69) is 39.4 Å². The molecule has 7 nitrogen and oxygen atoms in total. The fourth-order valence-corrected chi connectivity index (χ4v) is 3.82. The van der Waals surface area contributed by atoms with Crippen molar-refractivity contribution in [1.29, 1.82) is 0 Å². The molecule has 2 heterocycles. The van der Waals surface area contributed by atoms with Crippen molar-refractivity contribution in [3.05, 3.63) is 35.9 Å². The smallest absolute Gasteiger partial charge is 0.234 e. The summed E-state index contributed by atoms with van der Waals surface area (Å²) in [6, 6.07) is 10.4. The highest BCUT2D eigenvalue weighted by molar-refractivity contribution is 5.78. The number of carbonyl (C=O) groups excluding carboxylic acids is 2. The molecule has 2 saturated heterocycles. The zero-order valence-electron chi connectivity index (χ0n) is 16.8. The molecule has 2 aliphatic rings. The zero-order valence-corrected chi connectivity index (χ0v) is 16.8. The van der Waals surface area contributed by atoms with Crippen LogP contribution in [0.25, 0.3) is 0 Å². The van der Waals surface area contributed by atoms with E-state index in [0.717, 1.165) is 32.7 Å². The van der Waals surface area contributed by atoms with Crippen LogP contribution >= 0.6 is 0 Å². The summed E-state index contributed by atoms with van der Waals surface area (Å²) in [4.78, 5) is 30.8. The van der Waals surface area contributed by atoms with Gasteiger partial charge in [-0.3, -0.25) is 19.4 Å². The van der Waals surface area contributed by atoms with Crippen molar-refractivity contribution in [2.45, 2.75) is 26.0 Å². The van der Waals surface area contributed by atoms with Gasteiger partial charge in [0.05, 0.1) is 25.7 Å². The first-order chi connectivity index (χ1) is 13.6. The third-order valence-corrected chi connectivity index (χ3v) is 5.34. The van der Waals surface area contributed by atoms with Gasteiger partial charge in [-0.25, -0.2) is 0 Å². The topological polar surface area (TPSA) is 65.1 Å². The van der Waals surface area contributed by atoms with Crippen LogP contribution in [0, 0.1) is 0 Å². The van der Waals surface area contributed by atoms with Crippen molar-refractivity contribution in [1.82, 2.24) is 20.0 Å². The van der Waals surface area contributed by atoms with Crippen LogP contribution in [0.2, 0.25) is 0 Å². The average molecular weight is 389 g/mol. The van der Waals surface area contributed by atoms with E-state index in [0.29, 0.717) is 39.2 Å². The van der Waals surface area contributed by atoms with E-state index >= 15 is 0 Å². The van der Waals surface area contributed by atoms with Gasteiger partial charge in [0.15, 0.2) is 0 Å². The van der Waals surface area contributed by atoms with Crippen LogP contribution in [0.3, 0.4) is 0 Å². The predicted molar refractivity (Wildman–Crippen MR) is 108 cm³/mol. The van der Waals surface area contributed by atoms with Crippen molar-refractivity contribution in [2.75, 3.05) is 59.0 Å². The average Bonchev–Trinajstić information content (AvgIpc) is 2.70. The number of nitrogens with one attached hydrogen (secondary N) is 1. The molecule has 1 aromatic carbocycles. The standard InChI is InChI=1S/C21H32N4O3/c1-2-22-20(26)17-23-8-10-25(11-9-23)21(27)14-19-16-24(12-13-28-19)15-18-6-4-3-5-7-18/h3-7,19H,2,8-17H2,1H3,(H,22,26). The predicted octanol–water partition coefficient (Wildman–Crippen LogP) is 0.558. The Morgan fingerprint density at radius 3 is 2.54 bits per heavy atom. The molecule has 154 valence electrons. The number of morpholine rings is 1. The van der Waals surface area contributed by atoms with Gasteiger partial charge in [-0.1, -0.05) is 30.3 Å². The summed E-state index contributed by atoms with van der Waals surface area (Å²) in [5, 5.41) is 2.82. The second-order valence-corrected chi connectivity index (χ2v) is 7.53. The largest absolute Gasteiger partial charge is 0.375 e. The zero-order chi connectivity index (χ0) is 19.8. The quantitative estimate of drug-likeness (QED) is 0.739. The van der Waals surface area contributed by atoms with Gasteiger partial charge in [0, 0.05) is 52.4 Å². The fourth-order valence-electron chi connectivity index (χ4n) is 3.82. The van der Waals surface area contributed by atoms with Crippen molar-refractivity contribution in [3.8, 4) is 0 Å². The Morgan fingerprint density at radius 2 is 1.82 bits per heavy atom. The summed E-state index contributed by atoms with van der Waals surface area (Å²) in [7, 11) is 0. The maximum Gasteiger partial charge on any atom is 0.234 e. The number of hydrogen-bond donors (Lipinski definition) is 1. The Morgan fingerprint density at radius 1 is 1.07 bits per heavy atom. The van der Waals surface area contributed by atoms with Gasteiger partial charge in [-0.05, 0) is 12.5 Å². The number of nitrogens with zero attached hydrogens (tertiary/aromatic N) is 3. The maximum absolute atomic E-state index is 12.7. The van der Waals surface area contributed by atoms with E-state index in [1.807, 2.05) is 17.9 Å². The number of likely N-dealkylation sites (N-methyl/N-ethyl adjacent to an activating group) is 1. The number of piperazine rings is 1. The lowest BCUT2D eigenvalue weighted by molar-refractivity contribution is -0.138. The molecule has 0 aromatic heterocycles. The van der Waals surface area contributed by atoms with Gasteiger partial charge in [-0.15, -0.1) is 0 Å². The van der Waals surface area contributed by atoms with E-state index in [-0.39, 0.29) is 17.9 Å². The summed E-state index contributed by atoms with van der Waals surface area (Å²) in [5.41, 5.74) is 1.29. The summed E-state index contributed by atoms with van der Waals surface area (Å²) >= 11 is 0. The third-order valence-electron chi connectivity index (χ3n) is 5.34. The normalized spacial score (nSPS) is 21.5. The van der Waals surface area contributed by atoms with Crippen LogP contribution in [0.1, 0.15) is 18.9 Å². The van der Waals surface area contributed by atoms with E-state index in [1.165, 1.54) is 5.56 Å². The molecular weight excluding hydrogens is 356 g/mol. The third kappa shape index (κ3) is 6.29. The molecule has 2 fully saturated rings. The summed E-state index contributed by atoms with van der Waals surface area (Å²) in [5.74, 6) is 0.209. The molecular formula is C21H32N4O3. The van der Waals surface area contributed by atoms with Crippen LogP contribution < -0.4 is 5.32 Å². The van der Waals surface area contributed by atoms with Crippen molar-refractivity contribution in [3.63, 3.8) is 0 Å². The van der Waals surface area contributed by atoms with E-state index in [1.54, 1.807) is 0 Å². The van der Waals surface area contributed by atoms with Gasteiger partial charge in [-0.2, -0.15) is 0 Å². The van der Waals surface area contributed by atoms with Crippen molar-refractivity contribution >= 4 is 11.8 Å². The molecule has 0 radical (unpaired) electrons. The highest BCUT2D eigenvalue weighted by Gasteiger charge is 2.27. The molecule has 0 saturated carbocycles. The molecule has 1 N–H and O–H groups in total. The van der Waals surface area contributed by atoms with Crippen molar-refractivity contribution < 1.29 is 14.3 Å². The van der Waals surface area contributed by atoms with Gasteiger partial charge in [0.25, 0.3) is 0 Å². The molecule has 2 amide bonds. The Balaban J connectivity index is 1.40. The van der Waals surface area contributed by atoms with Crippen molar-refractivity contribution in [2.24, 2.45) is 0 Å².